The van der Waals surface area contributed by atoms with Crippen LogP contribution >= 0.6 is 15.9 Å². The molecule has 2 aromatic heterocycles. The molecule has 0 atom stereocenters. The molecule has 0 fully saturated rings. The summed E-state index contributed by atoms with van der Waals surface area (Å²) < 4.78 is 6.10. The molecule has 0 unspecified atom stereocenters. The largest absolute Gasteiger partial charge is 0.469 e. The second-order valence-corrected chi connectivity index (χ2v) is 4.81. The Labute approximate surface area is 115 Å². The van der Waals surface area contributed by atoms with Gasteiger partial charge in [-0.3, -0.25) is 0 Å². The van der Waals surface area contributed by atoms with Gasteiger partial charge in [-0.1, -0.05) is 6.92 Å². The first-order chi connectivity index (χ1) is 8.78. The summed E-state index contributed by atoms with van der Waals surface area (Å²) in [7, 11) is 0. The molecule has 2 rings (SSSR count). The summed E-state index contributed by atoms with van der Waals surface area (Å²) in [6, 6.07) is 5.76. The quantitative estimate of drug-likeness (QED) is 0.830. The molecule has 0 amide bonds. The van der Waals surface area contributed by atoms with E-state index in [1.54, 1.807) is 6.26 Å². The van der Waals surface area contributed by atoms with Gasteiger partial charge >= 0.3 is 0 Å². The summed E-state index contributed by atoms with van der Waals surface area (Å²) in [5, 5.41) is 3.28. The van der Waals surface area contributed by atoms with Gasteiger partial charge < -0.3 is 9.73 Å². The van der Waals surface area contributed by atoms with Crippen LogP contribution in [0.3, 0.4) is 0 Å². The van der Waals surface area contributed by atoms with Crippen LogP contribution in [0.1, 0.15) is 24.9 Å². The molecule has 0 bridgehead atoms. The molecule has 18 heavy (non-hydrogen) atoms. The topological polar surface area (TPSA) is 51.0 Å². The summed E-state index contributed by atoms with van der Waals surface area (Å²) in [4.78, 5) is 8.79. The highest BCUT2D eigenvalue weighted by molar-refractivity contribution is 9.10. The van der Waals surface area contributed by atoms with Crippen LogP contribution in [0.4, 0.5) is 5.82 Å². The number of aryl methyl sites for hydroxylation is 1. The van der Waals surface area contributed by atoms with Crippen molar-refractivity contribution in [3.8, 4) is 0 Å². The van der Waals surface area contributed by atoms with Crippen LogP contribution in [0.5, 0.6) is 0 Å². The van der Waals surface area contributed by atoms with Crippen LogP contribution in [-0.4, -0.2) is 16.5 Å². The van der Waals surface area contributed by atoms with Crippen LogP contribution in [-0.2, 0) is 12.8 Å². The van der Waals surface area contributed by atoms with E-state index in [2.05, 4.69) is 38.1 Å². The molecule has 0 saturated carbocycles. The van der Waals surface area contributed by atoms with Gasteiger partial charge in [0.15, 0.2) is 0 Å². The highest BCUT2D eigenvalue weighted by Gasteiger charge is 2.02. The standard InChI is InChI=1S/C13H16BrN3O/c1-2-4-12-16-11(14)9-13(17-12)15-7-6-10-5-3-8-18-10/h3,5,8-9H,2,4,6-7H2,1H3,(H,15,16,17). The van der Waals surface area contributed by atoms with E-state index in [1.165, 1.54) is 0 Å². The normalized spacial score (nSPS) is 10.6. The molecule has 1 N–H and O–H groups in total. The third-order valence-corrected chi connectivity index (χ3v) is 2.88. The van der Waals surface area contributed by atoms with Gasteiger partial charge in [-0.2, -0.15) is 0 Å². The molecule has 0 aliphatic carbocycles. The summed E-state index contributed by atoms with van der Waals surface area (Å²) in [5.74, 6) is 2.70. The van der Waals surface area contributed by atoms with Crippen LogP contribution < -0.4 is 5.32 Å². The average molecular weight is 310 g/mol. The Morgan fingerprint density at radius 3 is 2.94 bits per heavy atom. The minimum Gasteiger partial charge on any atom is -0.469 e. The third kappa shape index (κ3) is 3.84. The van der Waals surface area contributed by atoms with Gasteiger partial charge in [-0.25, -0.2) is 9.97 Å². The Balaban J connectivity index is 1.92. The van der Waals surface area contributed by atoms with Crippen molar-refractivity contribution < 1.29 is 4.42 Å². The molecule has 0 saturated heterocycles. The Hall–Kier alpha value is -1.36. The molecule has 4 nitrogen and oxygen atoms in total. The number of nitrogens with one attached hydrogen (secondary N) is 1. The lowest BCUT2D eigenvalue weighted by Gasteiger charge is -2.06. The van der Waals surface area contributed by atoms with Crippen LogP contribution in [0.15, 0.2) is 33.5 Å². The van der Waals surface area contributed by atoms with Gasteiger partial charge in [0.25, 0.3) is 0 Å². The molecular formula is C13H16BrN3O. The van der Waals surface area contributed by atoms with Gasteiger partial charge in [-0.05, 0) is 34.5 Å². The maximum absolute atomic E-state index is 5.28. The van der Waals surface area contributed by atoms with E-state index in [0.717, 1.165) is 47.8 Å². The van der Waals surface area contributed by atoms with E-state index in [0.29, 0.717) is 0 Å². The number of anilines is 1. The fourth-order valence-corrected chi connectivity index (χ4v) is 2.08. The summed E-state index contributed by atoms with van der Waals surface area (Å²) in [6.45, 7) is 2.91. The molecule has 0 aromatic carbocycles. The lowest BCUT2D eigenvalue weighted by Crippen LogP contribution is -2.08. The number of nitrogens with zero attached hydrogens (tertiary/aromatic N) is 2. The van der Waals surface area contributed by atoms with E-state index in [4.69, 9.17) is 4.42 Å². The first-order valence-electron chi connectivity index (χ1n) is 6.07. The van der Waals surface area contributed by atoms with Crippen LogP contribution in [0.25, 0.3) is 0 Å². The predicted octanol–water partition coefficient (Wildman–Crippen LogP) is 3.44. The minimum atomic E-state index is 0.794. The number of rotatable bonds is 6. The van der Waals surface area contributed by atoms with Crippen molar-refractivity contribution in [2.75, 3.05) is 11.9 Å². The van der Waals surface area contributed by atoms with Gasteiger partial charge in [-0.15, -0.1) is 0 Å². The fourth-order valence-electron chi connectivity index (χ4n) is 1.66. The Morgan fingerprint density at radius 1 is 1.33 bits per heavy atom. The lowest BCUT2D eigenvalue weighted by molar-refractivity contribution is 0.513. The molecule has 0 spiro atoms. The van der Waals surface area contributed by atoms with E-state index in [1.807, 2.05) is 18.2 Å². The second kappa shape index (κ2) is 6.54. The first-order valence-corrected chi connectivity index (χ1v) is 6.87. The Morgan fingerprint density at radius 2 is 2.22 bits per heavy atom. The van der Waals surface area contributed by atoms with Crippen LogP contribution in [0, 0.1) is 0 Å². The number of hydrogen-bond acceptors (Lipinski definition) is 4. The maximum atomic E-state index is 5.28. The zero-order valence-electron chi connectivity index (χ0n) is 10.3. The minimum absolute atomic E-state index is 0.794. The van der Waals surface area contributed by atoms with Crippen molar-refractivity contribution in [3.05, 3.63) is 40.7 Å². The number of halogens is 1. The summed E-state index contributed by atoms with van der Waals surface area (Å²) in [5.41, 5.74) is 0. The summed E-state index contributed by atoms with van der Waals surface area (Å²) >= 11 is 3.40. The second-order valence-electron chi connectivity index (χ2n) is 4.00. The molecule has 2 heterocycles. The zero-order valence-corrected chi connectivity index (χ0v) is 11.9. The average Bonchev–Trinajstić information content (AvgIpc) is 2.82. The van der Waals surface area contributed by atoms with Crippen molar-refractivity contribution in [2.24, 2.45) is 0 Å². The fraction of sp³-hybridized carbons (Fsp3) is 0.385. The lowest BCUT2D eigenvalue weighted by atomic mass is 10.3. The molecule has 0 radical (unpaired) electrons. The third-order valence-electron chi connectivity index (χ3n) is 2.47. The SMILES string of the molecule is CCCc1nc(Br)cc(NCCc2ccco2)n1. The van der Waals surface area contributed by atoms with Gasteiger partial charge in [0.2, 0.25) is 0 Å². The van der Waals surface area contributed by atoms with Crippen molar-refractivity contribution in [1.29, 1.82) is 0 Å². The van der Waals surface area contributed by atoms with E-state index < -0.39 is 0 Å². The van der Waals surface area contributed by atoms with Gasteiger partial charge in [0.05, 0.1) is 6.26 Å². The molecular weight excluding hydrogens is 294 g/mol. The Bertz CT molecular complexity index is 485. The van der Waals surface area contributed by atoms with Gasteiger partial charge in [0, 0.05) is 25.5 Å². The van der Waals surface area contributed by atoms with Gasteiger partial charge in [0.1, 0.15) is 22.0 Å². The summed E-state index contributed by atoms with van der Waals surface area (Å²) in [6.07, 6.45) is 4.47. The zero-order chi connectivity index (χ0) is 12.8. The van der Waals surface area contributed by atoms with E-state index >= 15 is 0 Å². The molecule has 96 valence electrons. The smallest absolute Gasteiger partial charge is 0.132 e. The molecule has 0 aliphatic heterocycles. The van der Waals surface area contributed by atoms with Crippen LogP contribution in [0.2, 0.25) is 0 Å². The molecule has 2 aromatic rings. The Kier molecular flexibility index (Phi) is 4.75. The predicted molar refractivity (Wildman–Crippen MR) is 74.6 cm³/mol. The maximum Gasteiger partial charge on any atom is 0.132 e. The van der Waals surface area contributed by atoms with Crippen molar-refractivity contribution in [1.82, 2.24) is 9.97 Å². The number of aromatic nitrogens is 2. The van der Waals surface area contributed by atoms with Crippen molar-refractivity contribution in [3.63, 3.8) is 0 Å². The highest BCUT2D eigenvalue weighted by Crippen LogP contribution is 2.13. The number of furan rings is 1. The highest BCUT2D eigenvalue weighted by atomic mass is 79.9. The molecule has 0 aliphatic rings. The van der Waals surface area contributed by atoms with E-state index in [-0.39, 0.29) is 0 Å². The monoisotopic (exact) mass is 309 g/mol. The van der Waals surface area contributed by atoms with Crippen molar-refractivity contribution >= 4 is 21.7 Å². The number of hydrogen-bond donors (Lipinski definition) is 1. The van der Waals surface area contributed by atoms with Crippen molar-refractivity contribution in [2.45, 2.75) is 26.2 Å². The molecule has 5 heteroatoms. The van der Waals surface area contributed by atoms with E-state index in [9.17, 15) is 0 Å². The first kappa shape index (κ1) is 13.1.